The van der Waals surface area contributed by atoms with Crippen molar-refractivity contribution in [2.24, 2.45) is 0 Å². The molecule has 0 radical (unpaired) electrons. The number of esters is 1. The minimum absolute atomic E-state index is 0.184. The molecular formula is C18H25N5O2. The SMILES string of the molecule is CC(C)(C)OC(=O)C1(NCc2nnnn2-c2ccccc2)CCCC1. The number of aromatic nitrogens is 4. The first-order valence-electron chi connectivity index (χ1n) is 8.71. The van der Waals surface area contributed by atoms with Crippen molar-refractivity contribution in [3.63, 3.8) is 0 Å². The lowest BCUT2D eigenvalue weighted by Gasteiger charge is -2.31. The van der Waals surface area contributed by atoms with Gasteiger partial charge in [0.05, 0.1) is 12.2 Å². The van der Waals surface area contributed by atoms with Crippen molar-refractivity contribution in [2.75, 3.05) is 0 Å². The van der Waals surface area contributed by atoms with Crippen LogP contribution >= 0.6 is 0 Å². The van der Waals surface area contributed by atoms with Gasteiger partial charge in [-0.1, -0.05) is 31.0 Å². The van der Waals surface area contributed by atoms with Gasteiger partial charge < -0.3 is 4.74 Å². The van der Waals surface area contributed by atoms with Crippen LogP contribution in [0.4, 0.5) is 0 Å². The number of ether oxygens (including phenoxy) is 1. The number of tetrazole rings is 1. The van der Waals surface area contributed by atoms with Crippen molar-refractivity contribution < 1.29 is 9.53 Å². The first-order valence-corrected chi connectivity index (χ1v) is 8.71. The van der Waals surface area contributed by atoms with E-state index in [9.17, 15) is 4.79 Å². The quantitative estimate of drug-likeness (QED) is 0.840. The number of benzene rings is 1. The predicted molar refractivity (Wildman–Crippen MR) is 93.0 cm³/mol. The molecule has 1 N–H and O–H groups in total. The van der Waals surface area contributed by atoms with Crippen LogP contribution in [-0.2, 0) is 16.1 Å². The van der Waals surface area contributed by atoms with E-state index in [0.717, 1.165) is 31.4 Å². The first kappa shape index (κ1) is 17.5. The zero-order valence-electron chi connectivity index (χ0n) is 15.0. The van der Waals surface area contributed by atoms with E-state index < -0.39 is 11.1 Å². The molecule has 25 heavy (non-hydrogen) atoms. The van der Waals surface area contributed by atoms with Crippen LogP contribution in [0, 0.1) is 0 Å². The van der Waals surface area contributed by atoms with Crippen LogP contribution in [0.25, 0.3) is 5.69 Å². The minimum atomic E-state index is -0.652. The highest BCUT2D eigenvalue weighted by Gasteiger charge is 2.43. The average molecular weight is 343 g/mol. The summed E-state index contributed by atoms with van der Waals surface area (Å²) in [7, 11) is 0. The molecule has 0 aliphatic heterocycles. The van der Waals surface area contributed by atoms with Gasteiger partial charge in [0.15, 0.2) is 5.82 Å². The van der Waals surface area contributed by atoms with Crippen molar-refractivity contribution in [1.82, 2.24) is 25.5 Å². The largest absolute Gasteiger partial charge is 0.459 e. The van der Waals surface area contributed by atoms with Crippen molar-refractivity contribution in [3.05, 3.63) is 36.2 Å². The van der Waals surface area contributed by atoms with Crippen LogP contribution in [0.15, 0.2) is 30.3 Å². The zero-order valence-corrected chi connectivity index (χ0v) is 15.0. The number of rotatable bonds is 5. The summed E-state index contributed by atoms with van der Waals surface area (Å²) in [6, 6.07) is 9.71. The van der Waals surface area contributed by atoms with Crippen molar-refractivity contribution in [1.29, 1.82) is 0 Å². The molecule has 1 saturated carbocycles. The van der Waals surface area contributed by atoms with E-state index in [4.69, 9.17) is 4.74 Å². The molecule has 1 aliphatic carbocycles. The Morgan fingerprint density at radius 2 is 1.92 bits per heavy atom. The molecule has 2 aromatic rings. The van der Waals surface area contributed by atoms with E-state index in [1.807, 2.05) is 51.1 Å². The van der Waals surface area contributed by atoms with Gasteiger partial charge in [-0.05, 0) is 56.2 Å². The third-order valence-corrected chi connectivity index (χ3v) is 4.37. The number of carbonyl (C=O) groups is 1. The van der Waals surface area contributed by atoms with Crippen LogP contribution in [0.5, 0.6) is 0 Å². The van der Waals surface area contributed by atoms with E-state index in [-0.39, 0.29) is 5.97 Å². The third kappa shape index (κ3) is 4.04. The van der Waals surface area contributed by atoms with E-state index in [0.29, 0.717) is 12.4 Å². The number of carbonyl (C=O) groups excluding carboxylic acids is 1. The summed E-state index contributed by atoms with van der Waals surface area (Å²) >= 11 is 0. The second-order valence-corrected chi connectivity index (χ2v) is 7.49. The van der Waals surface area contributed by atoms with Gasteiger partial charge >= 0.3 is 5.97 Å². The van der Waals surface area contributed by atoms with Crippen LogP contribution in [0.1, 0.15) is 52.3 Å². The lowest BCUT2D eigenvalue weighted by molar-refractivity contribution is -0.163. The molecule has 1 aromatic carbocycles. The summed E-state index contributed by atoms with van der Waals surface area (Å²) < 4.78 is 7.34. The Morgan fingerprint density at radius 1 is 1.24 bits per heavy atom. The fourth-order valence-corrected chi connectivity index (χ4v) is 3.14. The molecule has 1 aromatic heterocycles. The first-order chi connectivity index (χ1) is 11.9. The average Bonchev–Trinajstić information content (AvgIpc) is 3.22. The molecular weight excluding hydrogens is 318 g/mol. The van der Waals surface area contributed by atoms with E-state index in [1.54, 1.807) is 4.68 Å². The fraction of sp³-hybridized carbons (Fsp3) is 0.556. The Balaban J connectivity index is 1.75. The van der Waals surface area contributed by atoms with Crippen molar-refractivity contribution in [3.8, 4) is 5.69 Å². The van der Waals surface area contributed by atoms with Gasteiger partial charge in [0.1, 0.15) is 11.1 Å². The normalized spacial score (nSPS) is 16.8. The zero-order chi connectivity index (χ0) is 17.9. The lowest BCUT2D eigenvalue weighted by Crippen LogP contribution is -2.52. The molecule has 0 amide bonds. The molecule has 1 aliphatic rings. The van der Waals surface area contributed by atoms with Crippen molar-refractivity contribution in [2.45, 2.75) is 64.1 Å². The van der Waals surface area contributed by atoms with Crippen LogP contribution in [0.3, 0.4) is 0 Å². The topological polar surface area (TPSA) is 81.9 Å². The van der Waals surface area contributed by atoms with Crippen LogP contribution in [-0.4, -0.2) is 37.3 Å². The van der Waals surface area contributed by atoms with E-state index in [2.05, 4.69) is 20.8 Å². The smallest absolute Gasteiger partial charge is 0.326 e. The highest BCUT2D eigenvalue weighted by atomic mass is 16.6. The molecule has 0 saturated heterocycles. The Kier molecular flexibility index (Phi) is 4.85. The number of nitrogens with one attached hydrogen (secondary N) is 1. The second-order valence-electron chi connectivity index (χ2n) is 7.49. The molecule has 1 fully saturated rings. The molecule has 0 spiro atoms. The highest BCUT2D eigenvalue weighted by molar-refractivity contribution is 5.81. The molecule has 7 nitrogen and oxygen atoms in total. The molecule has 134 valence electrons. The monoisotopic (exact) mass is 343 g/mol. The van der Waals surface area contributed by atoms with Gasteiger partial charge in [-0.25, -0.2) is 0 Å². The number of hydrogen-bond acceptors (Lipinski definition) is 6. The van der Waals surface area contributed by atoms with Gasteiger partial charge in [-0.2, -0.15) is 4.68 Å². The molecule has 1 heterocycles. The van der Waals surface area contributed by atoms with Gasteiger partial charge in [0, 0.05) is 0 Å². The van der Waals surface area contributed by atoms with Crippen molar-refractivity contribution >= 4 is 5.97 Å². The summed E-state index contributed by atoms with van der Waals surface area (Å²) in [6.45, 7) is 6.08. The minimum Gasteiger partial charge on any atom is -0.459 e. The predicted octanol–water partition coefficient (Wildman–Crippen LogP) is 2.41. The summed E-state index contributed by atoms with van der Waals surface area (Å²) in [5.74, 6) is 0.484. The van der Waals surface area contributed by atoms with E-state index in [1.165, 1.54) is 0 Å². The summed E-state index contributed by atoms with van der Waals surface area (Å²) in [6.07, 6.45) is 3.56. The molecule has 7 heteroatoms. The van der Waals surface area contributed by atoms with Crippen LogP contribution in [0.2, 0.25) is 0 Å². The maximum atomic E-state index is 12.8. The van der Waals surface area contributed by atoms with Gasteiger partial charge in [0.25, 0.3) is 0 Å². The van der Waals surface area contributed by atoms with E-state index >= 15 is 0 Å². The molecule has 0 unspecified atom stereocenters. The second kappa shape index (κ2) is 6.92. The lowest BCUT2D eigenvalue weighted by atomic mass is 9.97. The molecule has 0 bridgehead atoms. The summed E-state index contributed by atoms with van der Waals surface area (Å²) in [5.41, 5.74) is -0.261. The Labute approximate surface area is 147 Å². The van der Waals surface area contributed by atoms with Gasteiger partial charge in [0.2, 0.25) is 0 Å². The fourth-order valence-electron chi connectivity index (χ4n) is 3.14. The van der Waals surface area contributed by atoms with Gasteiger partial charge in [-0.3, -0.25) is 10.1 Å². The maximum absolute atomic E-state index is 12.8. The highest BCUT2D eigenvalue weighted by Crippen LogP contribution is 2.32. The summed E-state index contributed by atoms with van der Waals surface area (Å²) in [5, 5.41) is 15.3. The Morgan fingerprint density at radius 3 is 2.56 bits per heavy atom. The standard InChI is InChI=1S/C18H25N5O2/c1-17(2,3)25-16(24)18(11-7-8-12-18)19-13-15-20-21-22-23(15)14-9-5-4-6-10-14/h4-6,9-10,19H,7-8,11-13H2,1-3H3. The molecule has 0 atom stereocenters. The van der Waals surface area contributed by atoms with Gasteiger partial charge in [-0.15, -0.1) is 5.10 Å². The molecule has 3 rings (SSSR count). The Hall–Kier alpha value is -2.28. The van der Waals surface area contributed by atoms with Crippen LogP contribution < -0.4 is 5.32 Å². The number of hydrogen-bond donors (Lipinski definition) is 1. The Bertz CT molecular complexity index is 715. The number of para-hydroxylation sites is 1. The maximum Gasteiger partial charge on any atom is 0.326 e. The number of nitrogens with zero attached hydrogens (tertiary/aromatic N) is 4. The summed E-state index contributed by atoms with van der Waals surface area (Å²) in [4.78, 5) is 12.8. The third-order valence-electron chi connectivity index (χ3n) is 4.37.